The van der Waals surface area contributed by atoms with Crippen LogP contribution < -0.4 is 11.1 Å². The first-order chi connectivity index (χ1) is 11.2. The number of nitrogens with one attached hydrogen (secondary N) is 1. The van der Waals surface area contributed by atoms with Crippen molar-refractivity contribution in [3.63, 3.8) is 0 Å². The first-order valence-corrected chi connectivity index (χ1v) is 9.38. The molecule has 0 saturated carbocycles. The van der Waals surface area contributed by atoms with E-state index in [1.54, 1.807) is 0 Å². The summed E-state index contributed by atoms with van der Waals surface area (Å²) < 4.78 is 40.1. The number of nitrogens with zero attached hydrogens (tertiary/aromatic N) is 1. The second-order valence-corrected chi connectivity index (χ2v) is 8.59. The molecular formula is C16H24FN3O3S. The van der Waals surface area contributed by atoms with Gasteiger partial charge in [-0.05, 0) is 38.8 Å². The van der Waals surface area contributed by atoms with E-state index in [4.69, 9.17) is 5.73 Å². The largest absolute Gasteiger partial charge is 0.350 e. The molecule has 2 rings (SSSR count). The number of hydrogen-bond acceptors (Lipinski definition) is 4. The molecule has 1 aromatic carbocycles. The van der Waals surface area contributed by atoms with Crippen molar-refractivity contribution < 1.29 is 17.6 Å². The minimum atomic E-state index is -3.87. The maximum absolute atomic E-state index is 13.8. The molecule has 1 aromatic rings. The second-order valence-electron chi connectivity index (χ2n) is 6.69. The number of halogens is 1. The zero-order valence-electron chi connectivity index (χ0n) is 14.0. The zero-order valence-corrected chi connectivity index (χ0v) is 14.8. The highest BCUT2D eigenvalue weighted by molar-refractivity contribution is 7.89. The van der Waals surface area contributed by atoms with Crippen molar-refractivity contribution in [1.29, 1.82) is 0 Å². The molecule has 134 valence electrons. The van der Waals surface area contributed by atoms with Crippen LogP contribution in [0.3, 0.4) is 0 Å². The molecule has 1 aliphatic rings. The van der Waals surface area contributed by atoms with Gasteiger partial charge in [-0.25, -0.2) is 12.8 Å². The fraction of sp³-hybridized carbons (Fsp3) is 0.562. The molecule has 1 saturated heterocycles. The number of piperidine rings is 1. The smallest absolute Gasteiger partial charge is 0.245 e. The van der Waals surface area contributed by atoms with Crippen molar-refractivity contribution >= 4 is 15.9 Å². The van der Waals surface area contributed by atoms with E-state index in [2.05, 4.69) is 5.32 Å². The van der Waals surface area contributed by atoms with Gasteiger partial charge in [-0.1, -0.05) is 12.1 Å². The van der Waals surface area contributed by atoms with Crippen molar-refractivity contribution in [3.05, 3.63) is 30.1 Å². The van der Waals surface area contributed by atoms with Gasteiger partial charge in [0.1, 0.15) is 10.7 Å². The Labute approximate surface area is 142 Å². The Morgan fingerprint density at radius 1 is 1.33 bits per heavy atom. The summed E-state index contributed by atoms with van der Waals surface area (Å²) in [6.45, 7) is 4.38. The number of sulfonamides is 1. The van der Waals surface area contributed by atoms with Crippen LogP contribution >= 0.6 is 0 Å². The quantitative estimate of drug-likeness (QED) is 0.825. The van der Waals surface area contributed by atoms with Crippen molar-refractivity contribution in [3.8, 4) is 0 Å². The Kier molecular flexibility index (Phi) is 5.62. The van der Waals surface area contributed by atoms with Gasteiger partial charge in [0.25, 0.3) is 0 Å². The lowest BCUT2D eigenvalue weighted by Gasteiger charge is -2.33. The van der Waals surface area contributed by atoms with Gasteiger partial charge in [0.2, 0.25) is 15.9 Å². The Morgan fingerprint density at radius 2 is 1.92 bits per heavy atom. The molecule has 0 aromatic heterocycles. The lowest BCUT2D eigenvalue weighted by molar-refractivity contribution is -0.127. The van der Waals surface area contributed by atoms with Crippen molar-refractivity contribution in [2.75, 3.05) is 19.6 Å². The van der Waals surface area contributed by atoms with Gasteiger partial charge in [0.15, 0.2) is 0 Å². The summed E-state index contributed by atoms with van der Waals surface area (Å²) in [5, 5.41) is 2.88. The predicted molar refractivity (Wildman–Crippen MR) is 89.2 cm³/mol. The summed E-state index contributed by atoms with van der Waals surface area (Å²) in [6.07, 6.45) is 0.806. The molecule has 6 nitrogen and oxygen atoms in total. The summed E-state index contributed by atoms with van der Waals surface area (Å²) in [4.78, 5) is 11.9. The van der Waals surface area contributed by atoms with Crippen LogP contribution in [0.1, 0.15) is 26.7 Å². The number of carbonyl (C=O) groups excluding carboxylic acids is 1. The SMILES string of the molecule is CC(C)(CN)NC(=O)C1CCN(S(=O)(=O)c2ccccc2F)CC1. The fourth-order valence-electron chi connectivity index (χ4n) is 2.64. The number of rotatable bonds is 5. The average Bonchev–Trinajstić information content (AvgIpc) is 2.55. The van der Waals surface area contributed by atoms with E-state index >= 15 is 0 Å². The molecule has 1 amide bonds. The van der Waals surface area contributed by atoms with Gasteiger partial charge in [0.05, 0.1) is 0 Å². The maximum atomic E-state index is 13.8. The number of carbonyl (C=O) groups is 1. The molecule has 1 heterocycles. The van der Waals surface area contributed by atoms with Gasteiger partial charge < -0.3 is 11.1 Å². The molecule has 0 atom stereocenters. The second kappa shape index (κ2) is 7.16. The Bertz CT molecular complexity index is 698. The number of benzene rings is 1. The fourth-order valence-corrected chi connectivity index (χ4v) is 4.17. The highest BCUT2D eigenvalue weighted by atomic mass is 32.2. The third-order valence-corrected chi connectivity index (χ3v) is 6.18. The summed E-state index contributed by atoms with van der Waals surface area (Å²) in [7, 11) is -3.87. The summed E-state index contributed by atoms with van der Waals surface area (Å²) in [5.74, 6) is -1.14. The molecule has 8 heteroatoms. The van der Waals surface area contributed by atoms with Gasteiger partial charge >= 0.3 is 0 Å². The van der Waals surface area contributed by atoms with Crippen molar-refractivity contribution in [2.45, 2.75) is 37.1 Å². The van der Waals surface area contributed by atoms with E-state index in [-0.39, 0.29) is 29.8 Å². The predicted octanol–water partition coefficient (Wildman–Crippen LogP) is 1.08. The minimum Gasteiger partial charge on any atom is -0.350 e. The third kappa shape index (κ3) is 4.12. The number of amides is 1. The molecule has 0 bridgehead atoms. The lowest BCUT2D eigenvalue weighted by Crippen LogP contribution is -2.52. The van der Waals surface area contributed by atoms with Crippen LogP contribution in [0.5, 0.6) is 0 Å². The Hall–Kier alpha value is -1.51. The molecule has 24 heavy (non-hydrogen) atoms. The molecule has 1 aliphatic heterocycles. The molecule has 3 N–H and O–H groups in total. The highest BCUT2D eigenvalue weighted by Crippen LogP contribution is 2.25. The van der Waals surface area contributed by atoms with Crippen molar-refractivity contribution in [2.24, 2.45) is 11.7 Å². The van der Waals surface area contributed by atoms with Gasteiger partial charge in [-0.2, -0.15) is 4.31 Å². The van der Waals surface area contributed by atoms with E-state index in [0.29, 0.717) is 19.4 Å². The zero-order chi connectivity index (χ0) is 18.0. The monoisotopic (exact) mass is 357 g/mol. The van der Waals surface area contributed by atoms with Crippen LogP contribution in [0.15, 0.2) is 29.2 Å². The molecule has 0 spiro atoms. The van der Waals surface area contributed by atoms with Crippen LogP contribution in [-0.4, -0.2) is 43.8 Å². The maximum Gasteiger partial charge on any atom is 0.245 e. The van der Waals surface area contributed by atoms with Gasteiger partial charge in [-0.3, -0.25) is 4.79 Å². The first kappa shape index (κ1) is 18.8. The van der Waals surface area contributed by atoms with E-state index in [1.807, 2.05) is 13.8 Å². The van der Waals surface area contributed by atoms with E-state index < -0.39 is 21.4 Å². The highest BCUT2D eigenvalue weighted by Gasteiger charge is 2.34. The summed E-state index contributed by atoms with van der Waals surface area (Å²) in [6, 6.07) is 5.32. The number of hydrogen-bond donors (Lipinski definition) is 2. The van der Waals surface area contributed by atoms with Crippen LogP contribution in [0.2, 0.25) is 0 Å². The molecule has 0 unspecified atom stereocenters. The van der Waals surface area contributed by atoms with Crippen LogP contribution in [0.4, 0.5) is 4.39 Å². The van der Waals surface area contributed by atoms with Crippen LogP contribution in [-0.2, 0) is 14.8 Å². The molecular weight excluding hydrogens is 333 g/mol. The van der Waals surface area contributed by atoms with Crippen molar-refractivity contribution in [1.82, 2.24) is 9.62 Å². The average molecular weight is 357 g/mol. The molecule has 0 radical (unpaired) electrons. The van der Waals surface area contributed by atoms with Gasteiger partial charge in [0, 0.05) is 31.1 Å². The standard InChI is InChI=1S/C16H24FN3O3S/c1-16(2,11-18)19-15(21)12-7-9-20(10-8-12)24(22,23)14-6-4-3-5-13(14)17/h3-6,12H,7-11,18H2,1-2H3,(H,19,21). The number of nitrogens with two attached hydrogens (primary N) is 1. The molecule has 1 fully saturated rings. The van der Waals surface area contributed by atoms with Crippen LogP contribution in [0.25, 0.3) is 0 Å². The third-order valence-electron chi connectivity index (χ3n) is 4.25. The topological polar surface area (TPSA) is 92.5 Å². The Balaban J connectivity index is 2.03. The first-order valence-electron chi connectivity index (χ1n) is 7.94. The van der Waals surface area contributed by atoms with E-state index in [1.165, 1.54) is 22.5 Å². The Morgan fingerprint density at radius 3 is 2.46 bits per heavy atom. The van der Waals surface area contributed by atoms with E-state index in [9.17, 15) is 17.6 Å². The minimum absolute atomic E-state index is 0.117. The van der Waals surface area contributed by atoms with E-state index in [0.717, 1.165) is 6.07 Å². The lowest BCUT2D eigenvalue weighted by atomic mass is 9.95. The normalized spacial score (nSPS) is 17.7. The van der Waals surface area contributed by atoms with Gasteiger partial charge in [-0.15, -0.1) is 0 Å². The summed E-state index contributed by atoms with van der Waals surface area (Å²) in [5.41, 5.74) is 5.11. The van der Waals surface area contributed by atoms with Crippen LogP contribution in [0, 0.1) is 11.7 Å². The summed E-state index contributed by atoms with van der Waals surface area (Å²) >= 11 is 0. The molecule has 0 aliphatic carbocycles.